The van der Waals surface area contributed by atoms with Crippen LogP contribution >= 0.6 is 0 Å². The molecule has 0 unspecified atom stereocenters. The number of rotatable bonds is 8. The Hall–Kier alpha value is -3.58. The largest absolute Gasteiger partial charge is 0.493 e. The summed E-state index contributed by atoms with van der Waals surface area (Å²) >= 11 is 0. The highest BCUT2D eigenvalue weighted by Gasteiger charge is 2.39. The van der Waals surface area contributed by atoms with Crippen LogP contribution in [0.1, 0.15) is 56.1 Å². The predicted molar refractivity (Wildman–Crippen MR) is 138 cm³/mol. The number of ether oxygens (including phenoxy) is 4. The summed E-state index contributed by atoms with van der Waals surface area (Å²) < 4.78 is 23.1. The Labute approximate surface area is 217 Å². The van der Waals surface area contributed by atoms with Gasteiger partial charge in [-0.05, 0) is 55.9 Å². The highest BCUT2D eigenvalue weighted by atomic mass is 16.6. The second-order valence-corrected chi connectivity index (χ2v) is 9.68. The number of hydrogen-bond donors (Lipinski definition) is 1. The molecule has 2 aromatic carbocycles. The van der Waals surface area contributed by atoms with E-state index in [4.69, 9.17) is 18.9 Å². The van der Waals surface area contributed by atoms with Gasteiger partial charge in [0.25, 0.3) is 0 Å². The third-order valence-corrected chi connectivity index (χ3v) is 7.18. The molecular formula is C30H33NO6. The lowest BCUT2D eigenvalue weighted by Gasteiger charge is -2.34. The molecule has 0 radical (unpaired) electrons. The van der Waals surface area contributed by atoms with Crippen molar-refractivity contribution in [2.75, 3.05) is 20.3 Å². The van der Waals surface area contributed by atoms with Crippen LogP contribution in [-0.4, -0.2) is 38.2 Å². The molecule has 0 spiro atoms. The molecule has 2 atom stereocenters. The van der Waals surface area contributed by atoms with Crippen LogP contribution < -0.4 is 14.8 Å². The van der Waals surface area contributed by atoms with Crippen molar-refractivity contribution in [1.82, 2.24) is 5.32 Å². The molecule has 2 aromatic rings. The van der Waals surface area contributed by atoms with Crippen LogP contribution in [-0.2, 0) is 25.7 Å². The van der Waals surface area contributed by atoms with Crippen molar-refractivity contribution in [2.45, 2.75) is 57.7 Å². The fraction of sp³-hybridized carbons (Fsp3) is 0.400. The van der Waals surface area contributed by atoms with E-state index in [1.165, 1.54) is 0 Å². The van der Waals surface area contributed by atoms with Crippen LogP contribution in [0.15, 0.2) is 71.1 Å². The number of allylic oxidation sites excluding steroid dienone is 3. The second-order valence-electron chi connectivity index (χ2n) is 9.68. The quantitative estimate of drug-likeness (QED) is 0.510. The van der Waals surface area contributed by atoms with Crippen LogP contribution in [0.3, 0.4) is 0 Å². The normalized spacial score (nSPS) is 21.4. The van der Waals surface area contributed by atoms with Gasteiger partial charge in [-0.15, -0.1) is 0 Å². The molecule has 0 saturated carbocycles. The standard InChI is InChI=1S/C30H33NO6/c1-19-27(30(33)37-18-22-10-7-15-35-22)28(29-23(31-19)11-6-12-24(29)32)21-13-14-25(34-2)26(16-21)36-17-20-8-4-3-5-9-20/h3-5,8-9,13-14,16,22,28,31H,6-7,10-12,15,17-18H2,1-2H3/t22-,28-/m0/s1. The Morgan fingerprint density at radius 2 is 1.92 bits per heavy atom. The Balaban J connectivity index is 1.49. The number of nitrogens with one attached hydrogen (secondary N) is 1. The van der Waals surface area contributed by atoms with Crippen molar-refractivity contribution < 1.29 is 28.5 Å². The zero-order chi connectivity index (χ0) is 25.8. The van der Waals surface area contributed by atoms with E-state index in [9.17, 15) is 9.59 Å². The summed E-state index contributed by atoms with van der Waals surface area (Å²) in [6, 6.07) is 15.5. The maximum absolute atomic E-state index is 13.5. The minimum absolute atomic E-state index is 0.0539. The van der Waals surface area contributed by atoms with Gasteiger partial charge < -0.3 is 24.3 Å². The van der Waals surface area contributed by atoms with E-state index >= 15 is 0 Å². The lowest BCUT2D eigenvalue weighted by molar-refractivity contribution is -0.142. The first-order chi connectivity index (χ1) is 18.0. The number of carbonyl (C=O) groups is 2. The van der Waals surface area contributed by atoms with Crippen LogP contribution in [0, 0.1) is 0 Å². The minimum atomic E-state index is -0.550. The molecule has 1 N–H and O–H groups in total. The van der Waals surface area contributed by atoms with Gasteiger partial charge in [0.1, 0.15) is 13.2 Å². The monoisotopic (exact) mass is 503 g/mol. The molecule has 2 heterocycles. The fourth-order valence-corrected chi connectivity index (χ4v) is 5.33. The van der Waals surface area contributed by atoms with Crippen LogP contribution in [0.4, 0.5) is 0 Å². The molecule has 0 amide bonds. The van der Waals surface area contributed by atoms with Gasteiger partial charge in [0.15, 0.2) is 17.3 Å². The van der Waals surface area contributed by atoms with Gasteiger partial charge in [-0.1, -0.05) is 36.4 Å². The van der Waals surface area contributed by atoms with E-state index in [1.807, 2.05) is 55.5 Å². The number of hydrogen-bond acceptors (Lipinski definition) is 7. The van der Waals surface area contributed by atoms with E-state index in [0.29, 0.717) is 48.0 Å². The number of Topliss-reactive ketones (excluding diaryl/α,β-unsaturated/α-hetero) is 1. The highest BCUT2D eigenvalue weighted by Crippen LogP contribution is 2.44. The third-order valence-electron chi connectivity index (χ3n) is 7.18. The van der Waals surface area contributed by atoms with Crippen LogP contribution in [0.5, 0.6) is 11.5 Å². The van der Waals surface area contributed by atoms with Crippen molar-refractivity contribution in [2.24, 2.45) is 0 Å². The van der Waals surface area contributed by atoms with Crippen LogP contribution in [0.25, 0.3) is 0 Å². The molecule has 0 bridgehead atoms. The van der Waals surface area contributed by atoms with Gasteiger partial charge >= 0.3 is 5.97 Å². The topological polar surface area (TPSA) is 83.1 Å². The van der Waals surface area contributed by atoms with E-state index in [1.54, 1.807) is 7.11 Å². The fourth-order valence-electron chi connectivity index (χ4n) is 5.33. The number of dihydropyridines is 1. The number of benzene rings is 2. The molecule has 1 aliphatic carbocycles. The van der Waals surface area contributed by atoms with Crippen molar-refractivity contribution in [3.63, 3.8) is 0 Å². The van der Waals surface area contributed by atoms with Crippen LogP contribution in [0.2, 0.25) is 0 Å². The Morgan fingerprint density at radius 1 is 1.08 bits per heavy atom. The lowest BCUT2D eigenvalue weighted by atomic mass is 9.75. The predicted octanol–water partition coefficient (Wildman–Crippen LogP) is 4.96. The first-order valence-electron chi connectivity index (χ1n) is 12.9. The summed E-state index contributed by atoms with van der Waals surface area (Å²) in [5, 5.41) is 3.34. The lowest BCUT2D eigenvalue weighted by Crippen LogP contribution is -2.35. The summed E-state index contributed by atoms with van der Waals surface area (Å²) in [5.41, 5.74) is 4.50. The molecule has 1 fully saturated rings. The molecule has 5 rings (SSSR count). The van der Waals surface area contributed by atoms with Crippen molar-refractivity contribution in [3.8, 4) is 11.5 Å². The SMILES string of the molecule is COc1ccc([C@H]2C(C(=O)OC[C@@H]3CCCO3)=C(C)NC3=C2C(=O)CCC3)cc1OCc1ccccc1. The molecule has 0 aromatic heterocycles. The number of carbonyl (C=O) groups excluding carboxylic acids is 2. The summed E-state index contributed by atoms with van der Waals surface area (Å²) in [7, 11) is 1.60. The van der Waals surface area contributed by atoms with Crippen molar-refractivity contribution in [1.29, 1.82) is 0 Å². The molecule has 194 valence electrons. The van der Waals surface area contributed by atoms with E-state index in [-0.39, 0.29) is 18.5 Å². The number of esters is 1. The van der Waals surface area contributed by atoms with Crippen molar-refractivity contribution >= 4 is 11.8 Å². The maximum atomic E-state index is 13.5. The molecule has 7 heteroatoms. The van der Waals surface area contributed by atoms with E-state index in [2.05, 4.69) is 5.32 Å². The zero-order valence-corrected chi connectivity index (χ0v) is 21.4. The molecule has 7 nitrogen and oxygen atoms in total. The minimum Gasteiger partial charge on any atom is -0.493 e. The molecular weight excluding hydrogens is 470 g/mol. The molecule has 37 heavy (non-hydrogen) atoms. The molecule has 3 aliphatic rings. The maximum Gasteiger partial charge on any atom is 0.336 e. The van der Waals surface area contributed by atoms with Gasteiger partial charge in [-0.3, -0.25) is 4.79 Å². The van der Waals surface area contributed by atoms with Gasteiger partial charge in [0, 0.05) is 35.9 Å². The smallest absolute Gasteiger partial charge is 0.336 e. The molecule has 2 aliphatic heterocycles. The summed E-state index contributed by atoms with van der Waals surface area (Å²) in [6.45, 7) is 3.13. The molecule has 1 saturated heterocycles. The second kappa shape index (κ2) is 11.2. The van der Waals surface area contributed by atoms with E-state index in [0.717, 1.165) is 42.5 Å². The number of methoxy groups -OCH3 is 1. The first-order valence-corrected chi connectivity index (χ1v) is 12.9. The Kier molecular flexibility index (Phi) is 7.60. The van der Waals surface area contributed by atoms with Gasteiger partial charge in [0.2, 0.25) is 0 Å². The average molecular weight is 504 g/mol. The van der Waals surface area contributed by atoms with Gasteiger partial charge in [-0.25, -0.2) is 4.79 Å². The van der Waals surface area contributed by atoms with E-state index < -0.39 is 11.9 Å². The summed E-state index contributed by atoms with van der Waals surface area (Å²) in [4.78, 5) is 26.7. The Bertz CT molecular complexity index is 1230. The summed E-state index contributed by atoms with van der Waals surface area (Å²) in [6.07, 6.45) is 3.78. The Morgan fingerprint density at radius 3 is 2.68 bits per heavy atom. The summed E-state index contributed by atoms with van der Waals surface area (Å²) in [5.74, 6) is 0.209. The third kappa shape index (κ3) is 5.42. The highest BCUT2D eigenvalue weighted by molar-refractivity contribution is 6.03. The zero-order valence-electron chi connectivity index (χ0n) is 21.4. The average Bonchev–Trinajstić information content (AvgIpc) is 3.44. The number of ketones is 1. The van der Waals surface area contributed by atoms with Gasteiger partial charge in [-0.2, -0.15) is 0 Å². The first kappa shape index (κ1) is 25.1. The van der Waals surface area contributed by atoms with Gasteiger partial charge in [0.05, 0.1) is 18.8 Å². The van der Waals surface area contributed by atoms with Crippen molar-refractivity contribution in [3.05, 3.63) is 82.2 Å².